The number of nitrogens with one attached hydrogen (secondary N) is 1. The lowest BCUT2D eigenvalue weighted by molar-refractivity contribution is -0.146. The van der Waals surface area contributed by atoms with E-state index in [0.29, 0.717) is 43.2 Å². The molecule has 1 atom stereocenters. The fraction of sp³-hybridized carbons (Fsp3) is 0.370. The van der Waals surface area contributed by atoms with Gasteiger partial charge in [0.2, 0.25) is 11.1 Å². The van der Waals surface area contributed by atoms with E-state index < -0.39 is 6.04 Å². The number of anilines is 1. The van der Waals surface area contributed by atoms with Gasteiger partial charge in [-0.05, 0) is 77.9 Å². The van der Waals surface area contributed by atoms with Crippen molar-refractivity contribution in [1.82, 2.24) is 14.8 Å². The fourth-order valence-corrected chi connectivity index (χ4v) is 6.40. The van der Waals surface area contributed by atoms with E-state index in [-0.39, 0.29) is 23.6 Å². The summed E-state index contributed by atoms with van der Waals surface area (Å²) < 4.78 is 13.5. The molecule has 0 spiro atoms. The number of ether oxygens (including phenoxy) is 2. The highest BCUT2D eigenvalue weighted by molar-refractivity contribution is 9.10. The van der Waals surface area contributed by atoms with Gasteiger partial charge in [0.1, 0.15) is 12.1 Å². The molecule has 0 radical (unpaired) electrons. The molecule has 38 heavy (non-hydrogen) atoms. The predicted molar refractivity (Wildman–Crippen MR) is 151 cm³/mol. The number of hydrogen-bond acceptors (Lipinski definition) is 8. The molecule has 2 N–H and O–H groups in total. The van der Waals surface area contributed by atoms with E-state index in [0.717, 1.165) is 37.7 Å². The van der Waals surface area contributed by atoms with Crippen molar-refractivity contribution in [3.63, 3.8) is 0 Å². The van der Waals surface area contributed by atoms with Gasteiger partial charge >= 0.3 is 5.97 Å². The van der Waals surface area contributed by atoms with Gasteiger partial charge in [0.05, 0.1) is 17.2 Å². The smallest absolute Gasteiger partial charge is 0.338 e. The SMILES string of the molecule is COc1cc(C2C(C(=O)OC3CCCCC3)=C(C)Nc3nc(SCc4ccccc4Cl)nn32)cc(Br)c1O. The minimum atomic E-state index is -0.643. The van der Waals surface area contributed by atoms with Crippen molar-refractivity contribution in [3.05, 3.63) is 68.3 Å². The van der Waals surface area contributed by atoms with Crippen LogP contribution in [0.2, 0.25) is 5.02 Å². The first kappa shape index (κ1) is 26.9. The molecule has 5 rings (SSSR count). The number of hydrogen-bond donors (Lipinski definition) is 2. The molecule has 1 fully saturated rings. The third-order valence-corrected chi connectivity index (χ3v) is 8.64. The van der Waals surface area contributed by atoms with Crippen LogP contribution >= 0.6 is 39.3 Å². The molecule has 1 aromatic heterocycles. The summed E-state index contributed by atoms with van der Waals surface area (Å²) in [4.78, 5) is 18.3. The summed E-state index contributed by atoms with van der Waals surface area (Å²) in [7, 11) is 1.48. The van der Waals surface area contributed by atoms with Gasteiger partial charge in [-0.3, -0.25) is 0 Å². The molecule has 200 valence electrons. The third-order valence-electron chi connectivity index (χ3n) is 6.78. The van der Waals surface area contributed by atoms with Crippen molar-refractivity contribution in [2.24, 2.45) is 0 Å². The van der Waals surface area contributed by atoms with Crippen LogP contribution in [0.1, 0.15) is 56.2 Å². The number of esters is 1. The van der Waals surface area contributed by atoms with Gasteiger partial charge in [-0.15, -0.1) is 5.10 Å². The molecule has 1 saturated carbocycles. The number of aromatic nitrogens is 3. The van der Waals surface area contributed by atoms with E-state index in [9.17, 15) is 9.90 Å². The number of carbonyl (C=O) groups is 1. The number of phenols is 1. The van der Waals surface area contributed by atoms with Gasteiger partial charge in [0, 0.05) is 16.5 Å². The molecule has 2 aliphatic rings. The number of nitrogens with zero attached hydrogens (tertiary/aromatic N) is 3. The first-order chi connectivity index (χ1) is 18.4. The van der Waals surface area contributed by atoms with E-state index in [1.807, 2.05) is 31.2 Å². The fourth-order valence-electron chi connectivity index (χ4n) is 4.83. The average Bonchev–Trinajstić information content (AvgIpc) is 3.31. The van der Waals surface area contributed by atoms with Crippen molar-refractivity contribution in [3.8, 4) is 11.5 Å². The number of methoxy groups -OCH3 is 1. The maximum absolute atomic E-state index is 13.6. The minimum Gasteiger partial charge on any atom is -0.503 e. The molecule has 3 aromatic rings. The Bertz CT molecular complexity index is 1390. The first-order valence-electron chi connectivity index (χ1n) is 12.4. The third kappa shape index (κ3) is 5.53. The minimum absolute atomic E-state index is 0.0213. The summed E-state index contributed by atoms with van der Waals surface area (Å²) in [5, 5.41) is 19.7. The van der Waals surface area contributed by atoms with Crippen LogP contribution in [0.15, 0.2) is 57.3 Å². The molecular weight excluding hydrogens is 592 g/mol. The van der Waals surface area contributed by atoms with E-state index in [1.54, 1.807) is 16.8 Å². The molecule has 8 nitrogen and oxygen atoms in total. The first-order valence-corrected chi connectivity index (χ1v) is 14.6. The van der Waals surface area contributed by atoms with Gasteiger partial charge in [-0.2, -0.15) is 4.98 Å². The van der Waals surface area contributed by atoms with Crippen LogP contribution in [0.25, 0.3) is 0 Å². The summed E-state index contributed by atoms with van der Waals surface area (Å²) in [6.07, 6.45) is 4.91. The van der Waals surface area contributed by atoms with Gasteiger partial charge in [0.15, 0.2) is 11.5 Å². The lowest BCUT2D eigenvalue weighted by Gasteiger charge is -2.30. The Morgan fingerprint density at radius 2 is 2.03 bits per heavy atom. The van der Waals surface area contributed by atoms with Crippen LogP contribution < -0.4 is 10.1 Å². The van der Waals surface area contributed by atoms with E-state index in [4.69, 9.17) is 31.2 Å². The number of allylic oxidation sites excluding steroid dienone is 1. The number of carbonyl (C=O) groups excluding carboxylic acids is 1. The highest BCUT2D eigenvalue weighted by Gasteiger charge is 2.37. The number of halogens is 2. The van der Waals surface area contributed by atoms with Crippen LogP contribution in [0.5, 0.6) is 11.5 Å². The predicted octanol–water partition coefficient (Wildman–Crippen LogP) is 6.87. The summed E-state index contributed by atoms with van der Waals surface area (Å²) in [6, 6.07) is 10.5. The zero-order valence-electron chi connectivity index (χ0n) is 21.0. The molecule has 1 aliphatic carbocycles. The molecule has 1 aliphatic heterocycles. The van der Waals surface area contributed by atoms with Gasteiger partial charge in [-0.1, -0.05) is 48.0 Å². The van der Waals surface area contributed by atoms with Crippen LogP contribution in [-0.2, 0) is 15.3 Å². The number of aromatic hydroxyl groups is 1. The average molecular weight is 620 g/mol. The quantitative estimate of drug-likeness (QED) is 0.219. The van der Waals surface area contributed by atoms with E-state index in [1.165, 1.54) is 18.9 Å². The van der Waals surface area contributed by atoms with Gasteiger partial charge in [-0.25, -0.2) is 9.48 Å². The lowest BCUT2D eigenvalue weighted by Crippen LogP contribution is -2.32. The monoisotopic (exact) mass is 618 g/mol. The number of phenolic OH excluding ortho intramolecular Hbond substituents is 1. The Kier molecular flexibility index (Phi) is 8.20. The standard InChI is InChI=1S/C27H28BrClN4O4S/c1-15-22(25(35)37-18-9-4-3-5-10-18)23(17-12-19(28)24(34)21(13-17)36-2)33-26(30-15)31-27(32-33)38-14-16-8-6-7-11-20(16)29/h6-8,11-13,18,23,34H,3-5,9-10,14H2,1-2H3,(H,30,31,32). The zero-order chi connectivity index (χ0) is 26.8. The maximum atomic E-state index is 13.6. The summed E-state index contributed by atoms with van der Waals surface area (Å²) in [5.74, 6) is 0.968. The second-order valence-electron chi connectivity index (χ2n) is 9.33. The Morgan fingerprint density at radius 1 is 1.26 bits per heavy atom. The largest absolute Gasteiger partial charge is 0.503 e. The molecule has 2 heterocycles. The second-order valence-corrected chi connectivity index (χ2v) is 11.5. The summed E-state index contributed by atoms with van der Waals surface area (Å²) in [5.41, 5.74) is 2.75. The van der Waals surface area contributed by atoms with Crippen LogP contribution in [-0.4, -0.2) is 39.1 Å². The molecule has 1 unspecified atom stereocenters. The maximum Gasteiger partial charge on any atom is 0.338 e. The molecule has 2 aromatic carbocycles. The van der Waals surface area contributed by atoms with Crippen molar-refractivity contribution in [1.29, 1.82) is 0 Å². The normalized spacial score (nSPS) is 17.6. The Labute approximate surface area is 238 Å². The number of thioether (sulfide) groups is 1. The van der Waals surface area contributed by atoms with Crippen molar-refractivity contribution in [2.75, 3.05) is 12.4 Å². The molecule has 11 heteroatoms. The zero-order valence-corrected chi connectivity index (χ0v) is 24.2. The van der Waals surface area contributed by atoms with Crippen LogP contribution in [0, 0.1) is 0 Å². The Balaban J connectivity index is 1.52. The van der Waals surface area contributed by atoms with E-state index >= 15 is 0 Å². The topological polar surface area (TPSA) is 98.5 Å². The highest BCUT2D eigenvalue weighted by atomic mass is 79.9. The second kappa shape index (κ2) is 11.6. The van der Waals surface area contributed by atoms with Crippen molar-refractivity contribution >= 4 is 51.2 Å². The van der Waals surface area contributed by atoms with Gasteiger partial charge in [0.25, 0.3) is 0 Å². The van der Waals surface area contributed by atoms with Crippen molar-refractivity contribution in [2.45, 2.75) is 62.1 Å². The molecule has 0 saturated heterocycles. The summed E-state index contributed by atoms with van der Waals surface area (Å²) >= 11 is 11.2. The number of rotatable bonds is 7. The number of fused-ring (bicyclic) bond motifs is 1. The van der Waals surface area contributed by atoms with E-state index in [2.05, 4.69) is 21.2 Å². The molecule has 0 bridgehead atoms. The molecular formula is C27H28BrClN4O4S. The van der Waals surface area contributed by atoms with Gasteiger partial charge < -0.3 is 19.9 Å². The summed E-state index contributed by atoms with van der Waals surface area (Å²) in [6.45, 7) is 1.84. The molecule has 0 amide bonds. The van der Waals surface area contributed by atoms with Crippen LogP contribution in [0.3, 0.4) is 0 Å². The number of benzene rings is 2. The lowest BCUT2D eigenvalue weighted by atomic mass is 9.94. The van der Waals surface area contributed by atoms with Crippen LogP contribution in [0.4, 0.5) is 5.95 Å². The highest BCUT2D eigenvalue weighted by Crippen LogP contribution is 2.43. The van der Waals surface area contributed by atoms with Crippen molar-refractivity contribution < 1.29 is 19.4 Å². The Morgan fingerprint density at radius 3 is 2.76 bits per heavy atom. The Hall–Kier alpha value is -2.69.